The highest BCUT2D eigenvalue weighted by molar-refractivity contribution is 9.10. The third kappa shape index (κ3) is 3.24. The number of halogens is 3. The zero-order chi connectivity index (χ0) is 13.1. The number of hydrogen-bond donors (Lipinski definition) is 1. The van der Waals surface area contributed by atoms with Crippen LogP contribution in [-0.4, -0.2) is 0 Å². The lowest BCUT2D eigenvalue weighted by atomic mass is 10.1. The van der Waals surface area contributed by atoms with Crippen molar-refractivity contribution in [1.82, 2.24) is 0 Å². The Morgan fingerprint density at radius 2 is 2.00 bits per heavy atom. The molecule has 0 saturated carbocycles. The van der Waals surface area contributed by atoms with Crippen LogP contribution in [-0.2, 0) is 6.54 Å². The van der Waals surface area contributed by atoms with Gasteiger partial charge < -0.3 is 5.32 Å². The second-order valence-electron chi connectivity index (χ2n) is 4.05. The van der Waals surface area contributed by atoms with Crippen molar-refractivity contribution in [3.05, 3.63) is 62.8 Å². The number of nitrogens with one attached hydrogen (secondary N) is 1. The van der Waals surface area contributed by atoms with E-state index in [1.807, 2.05) is 25.1 Å². The van der Waals surface area contributed by atoms with Gasteiger partial charge in [0, 0.05) is 21.7 Å². The van der Waals surface area contributed by atoms with E-state index in [4.69, 9.17) is 11.6 Å². The van der Waals surface area contributed by atoms with Crippen molar-refractivity contribution in [2.24, 2.45) is 0 Å². The van der Waals surface area contributed by atoms with Gasteiger partial charge in [-0.3, -0.25) is 0 Å². The van der Waals surface area contributed by atoms with Crippen LogP contribution < -0.4 is 5.32 Å². The molecule has 0 aromatic heterocycles. The van der Waals surface area contributed by atoms with E-state index >= 15 is 0 Å². The van der Waals surface area contributed by atoms with Gasteiger partial charge >= 0.3 is 0 Å². The molecule has 0 aliphatic carbocycles. The van der Waals surface area contributed by atoms with Crippen LogP contribution >= 0.6 is 27.5 Å². The van der Waals surface area contributed by atoms with Crippen molar-refractivity contribution in [2.45, 2.75) is 13.5 Å². The molecule has 1 N–H and O–H groups in total. The molecule has 0 aliphatic rings. The zero-order valence-electron chi connectivity index (χ0n) is 9.81. The largest absolute Gasteiger partial charge is 0.381 e. The molecule has 2 rings (SSSR count). The van der Waals surface area contributed by atoms with Crippen LogP contribution in [0.4, 0.5) is 10.1 Å². The normalized spacial score (nSPS) is 10.4. The van der Waals surface area contributed by atoms with Crippen LogP contribution in [0.25, 0.3) is 0 Å². The fraction of sp³-hybridized carbons (Fsp3) is 0.143. The van der Waals surface area contributed by atoms with Crippen molar-refractivity contribution < 1.29 is 4.39 Å². The summed E-state index contributed by atoms with van der Waals surface area (Å²) in [6.07, 6.45) is 0. The van der Waals surface area contributed by atoms with Crippen molar-refractivity contribution in [3.8, 4) is 0 Å². The summed E-state index contributed by atoms with van der Waals surface area (Å²) >= 11 is 9.43. The molecular formula is C14H12BrClFN. The molecule has 0 unspecified atom stereocenters. The number of rotatable bonds is 3. The Labute approximate surface area is 119 Å². The first-order valence-corrected chi connectivity index (χ1v) is 6.67. The molecule has 0 saturated heterocycles. The molecule has 0 atom stereocenters. The van der Waals surface area contributed by atoms with Gasteiger partial charge in [0.1, 0.15) is 5.82 Å². The average Bonchev–Trinajstić information content (AvgIpc) is 2.32. The highest BCUT2D eigenvalue weighted by Crippen LogP contribution is 2.23. The monoisotopic (exact) mass is 327 g/mol. The van der Waals surface area contributed by atoms with E-state index in [0.29, 0.717) is 11.6 Å². The standard InChI is InChI=1S/C14H12BrClFN/c1-9-6-12(17)3-5-14(9)18-8-10-7-11(16)2-4-13(10)15/h2-7,18H,8H2,1H3. The molecule has 94 valence electrons. The van der Waals surface area contributed by atoms with E-state index in [1.54, 1.807) is 6.07 Å². The van der Waals surface area contributed by atoms with E-state index in [9.17, 15) is 4.39 Å². The van der Waals surface area contributed by atoms with Crippen LogP contribution in [0.2, 0.25) is 5.02 Å². The second-order valence-corrected chi connectivity index (χ2v) is 5.34. The van der Waals surface area contributed by atoms with Gasteiger partial charge in [0.25, 0.3) is 0 Å². The molecule has 2 aromatic carbocycles. The van der Waals surface area contributed by atoms with Crippen molar-refractivity contribution in [1.29, 1.82) is 0 Å². The Morgan fingerprint density at radius 1 is 1.22 bits per heavy atom. The summed E-state index contributed by atoms with van der Waals surface area (Å²) in [6.45, 7) is 2.51. The molecule has 4 heteroatoms. The summed E-state index contributed by atoms with van der Waals surface area (Å²) in [7, 11) is 0. The Hall–Kier alpha value is -1.06. The van der Waals surface area contributed by atoms with E-state index in [2.05, 4.69) is 21.2 Å². The Morgan fingerprint density at radius 3 is 2.72 bits per heavy atom. The Balaban J connectivity index is 2.13. The van der Waals surface area contributed by atoms with E-state index in [-0.39, 0.29) is 5.82 Å². The number of benzene rings is 2. The molecule has 0 fully saturated rings. The first kappa shape index (κ1) is 13.4. The maximum Gasteiger partial charge on any atom is 0.123 e. The molecule has 0 amide bonds. The fourth-order valence-corrected chi connectivity index (χ4v) is 2.28. The predicted octanol–water partition coefficient (Wildman–Crippen LogP) is 5.16. The first-order chi connectivity index (χ1) is 8.56. The summed E-state index contributed by atoms with van der Waals surface area (Å²) in [6, 6.07) is 10.3. The third-order valence-electron chi connectivity index (χ3n) is 2.67. The van der Waals surface area contributed by atoms with Gasteiger partial charge in [-0.15, -0.1) is 0 Å². The van der Waals surface area contributed by atoms with Gasteiger partial charge in [0.2, 0.25) is 0 Å². The fourth-order valence-electron chi connectivity index (χ4n) is 1.69. The summed E-state index contributed by atoms with van der Waals surface area (Å²) in [5.41, 5.74) is 2.86. The average molecular weight is 329 g/mol. The van der Waals surface area contributed by atoms with Crippen LogP contribution in [0.5, 0.6) is 0 Å². The summed E-state index contributed by atoms with van der Waals surface area (Å²) < 4.78 is 14.0. The molecule has 1 nitrogen and oxygen atoms in total. The van der Waals surface area contributed by atoms with Crippen LogP contribution in [0.1, 0.15) is 11.1 Å². The number of hydrogen-bond acceptors (Lipinski definition) is 1. The van der Waals surface area contributed by atoms with Crippen molar-refractivity contribution in [3.63, 3.8) is 0 Å². The molecule has 0 aliphatic heterocycles. The molecule has 2 aromatic rings. The summed E-state index contributed by atoms with van der Waals surface area (Å²) in [5.74, 6) is -0.220. The smallest absolute Gasteiger partial charge is 0.123 e. The van der Waals surface area contributed by atoms with E-state index in [1.165, 1.54) is 12.1 Å². The van der Waals surface area contributed by atoms with Crippen LogP contribution in [0, 0.1) is 12.7 Å². The maximum absolute atomic E-state index is 13.0. The minimum absolute atomic E-state index is 0.220. The molecule has 0 radical (unpaired) electrons. The van der Waals surface area contributed by atoms with Crippen molar-refractivity contribution in [2.75, 3.05) is 5.32 Å². The molecule has 0 spiro atoms. The lowest BCUT2D eigenvalue weighted by Crippen LogP contribution is -2.02. The van der Waals surface area contributed by atoms with E-state index in [0.717, 1.165) is 21.3 Å². The second kappa shape index (κ2) is 5.72. The topological polar surface area (TPSA) is 12.0 Å². The van der Waals surface area contributed by atoms with E-state index < -0.39 is 0 Å². The molecule has 18 heavy (non-hydrogen) atoms. The maximum atomic E-state index is 13.0. The van der Waals surface area contributed by atoms with Gasteiger partial charge in [-0.25, -0.2) is 4.39 Å². The lowest BCUT2D eigenvalue weighted by molar-refractivity contribution is 0.627. The molecule has 0 heterocycles. The highest BCUT2D eigenvalue weighted by Gasteiger charge is 2.03. The Kier molecular flexibility index (Phi) is 4.25. The Bertz CT molecular complexity index is 572. The minimum Gasteiger partial charge on any atom is -0.381 e. The SMILES string of the molecule is Cc1cc(F)ccc1NCc1cc(Cl)ccc1Br. The quantitative estimate of drug-likeness (QED) is 0.820. The van der Waals surface area contributed by atoms with Crippen molar-refractivity contribution >= 4 is 33.2 Å². The van der Waals surface area contributed by atoms with Crippen LogP contribution in [0.3, 0.4) is 0 Å². The molecule has 0 bridgehead atoms. The van der Waals surface area contributed by atoms with Gasteiger partial charge in [-0.1, -0.05) is 27.5 Å². The number of anilines is 1. The lowest BCUT2D eigenvalue weighted by Gasteiger charge is -2.11. The van der Waals surface area contributed by atoms with Gasteiger partial charge in [-0.05, 0) is 54.4 Å². The predicted molar refractivity (Wildman–Crippen MR) is 77.6 cm³/mol. The number of aryl methyl sites for hydroxylation is 1. The summed E-state index contributed by atoms with van der Waals surface area (Å²) in [4.78, 5) is 0. The minimum atomic E-state index is -0.220. The molecular weight excluding hydrogens is 317 g/mol. The third-order valence-corrected chi connectivity index (χ3v) is 3.67. The van der Waals surface area contributed by atoms with Crippen LogP contribution in [0.15, 0.2) is 40.9 Å². The van der Waals surface area contributed by atoms with Gasteiger partial charge in [-0.2, -0.15) is 0 Å². The first-order valence-electron chi connectivity index (χ1n) is 5.50. The van der Waals surface area contributed by atoms with Gasteiger partial charge in [0.05, 0.1) is 0 Å². The van der Waals surface area contributed by atoms with Gasteiger partial charge in [0.15, 0.2) is 0 Å². The zero-order valence-corrected chi connectivity index (χ0v) is 12.1. The highest BCUT2D eigenvalue weighted by atomic mass is 79.9. The summed E-state index contributed by atoms with van der Waals surface area (Å²) in [5, 5.41) is 3.97.